The minimum Gasteiger partial charge on any atom is -0.393 e. The fourth-order valence-corrected chi connectivity index (χ4v) is 11.9. The van der Waals surface area contributed by atoms with Crippen LogP contribution in [-0.2, 0) is 23.7 Å². The van der Waals surface area contributed by atoms with E-state index in [1.807, 2.05) is 6.92 Å². The molecule has 3 saturated heterocycles. The van der Waals surface area contributed by atoms with Crippen LogP contribution in [0.3, 0.4) is 0 Å². The summed E-state index contributed by atoms with van der Waals surface area (Å²) < 4.78 is 30.2. The van der Waals surface area contributed by atoms with Crippen molar-refractivity contribution in [1.82, 2.24) is 0 Å². The van der Waals surface area contributed by atoms with Crippen LogP contribution in [0.4, 0.5) is 0 Å². The smallest absolute Gasteiger partial charge is 0.186 e. The Morgan fingerprint density at radius 1 is 0.922 bits per heavy atom. The van der Waals surface area contributed by atoms with Gasteiger partial charge in [0.25, 0.3) is 0 Å². The largest absolute Gasteiger partial charge is 0.393 e. The van der Waals surface area contributed by atoms with Crippen molar-refractivity contribution in [1.29, 1.82) is 0 Å². The first-order valence-corrected chi connectivity index (χ1v) is 19.4. The van der Waals surface area contributed by atoms with Gasteiger partial charge in [-0.15, -0.1) is 0 Å². The van der Waals surface area contributed by atoms with E-state index >= 15 is 0 Å². The van der Waals surface area contributed by atoms with Crippen molar-refractivity contribution in [3.05, 3.63) is 11.6 Å². The summed E-state index contributed by atoms with van der Waals surface area (Å²) in [5, 5.41) is 84.3. The van der Waals surface area contributed by atoms with Crippen LogP contribution in [0.1, 0.15) is 86.0 Å². The summed E-state index contributed by atoms with van der Waals surface area (Å²) in [6.07, 6.45) is -3.70. The van der Waals surface area contributed by atoms with E-state index in [0.29, 0.717) is 37.5 Å². The average molecular weight is 727 g/mol. The van der Waals surface area contributed by atoms with Crippen molar-refractivity contribution < 1.29 is 64.5 Å². The van der Waals surface area contributed by atoms with Gasteiger partial charge in [-0.3, -0.25) is 0 Å². The number of ether oxygens (including phenoxy) is 5. The van der Waals surface area contributed by atoms with E-state index in [1.54, 1.807) is 6.92 Å². The van der Waals surface area contributed by atoms with Gasteiger partial charge in [0.1, 0.15) is 36.6 Å². The van der Waals surface area contributed by atoms with Crippen molar-refractivity contribution in [3.8, 4) is 0 Å². The minimum atomic E-state index is -1.40. The lowest BCUT2D eigenvalue weighted by molar-refractivity contribution is -0.300. The van der Waals surface area contributed by atoms with E-state index in [2.05, 4.69) is 26.8 Å². The molecule has 0 aromatic rings. The van der Waals surface area contributed by atoms with Crippen LogP contribution in [0.25, 0.3) is 0 Å². The highest BCUT2D eigenvalue weighted by atomic mass is 16.7. The van der Waals surface area contributed by atoms with Gasteiger partial charge in [-0.1, -0.05) is 39.3 Å². The van der Waals surface area contributed by atoms with Gasteiger partial charge in [0.05, 0.1) is 37.6 Å². The third kappa shape index (κ3) is 6.37. The van der Waals surface area contributed by atoms with Crippen LogP contribution < -0.4 is 0 Å². The van der Waals surface area contributed by atoms with Gasteiger partial charge in [-0.25, -0.2) is 0 Å². The van der Waals surface area contributed by atoms with Crippen molar-refractivity contribution in [2.24, 2.45) is 46.3 Å². The molecule has 3 heterocycles. The molecular formula is C38H62O13. The molecule has 7 rings (SSSR count). The van der Waals surface area contributed by atoms with Gasteiger partial charge in [-0.2, -0.15) is 0 Å². The summed E-state index contributed by atoms with van der Waals surface area (Å²) in [6.45, 7) is 10.5. The number of hydrogen-bond donors (Lipinski definition) is 8. The minimum absolute atomic E-state index is 0.0146. The third-order valence-corrected chi connectivity index (χ3v) is 14.9. The maximum atomic E-state index is 12.0. The molecule has 4 aliphatic carbocycles. The molecule has 13 nitrogen and oxygen atoms in total. The van der Waals surface area contributed by atoms with Crippen LogP contribution in [0.15, 0.2) is 11.6 Å². The molecule has 0 aromatic carbocycles. The summed E-state index contributed by atoms with van der Waals surface area (Å²) >= 11 is 0. The van der Waals surface area contributed by atoms with Crippen molar-refractivity contribution in [3.63, 3.8) is 0 Å². The Balaban J connectivity index is 1.00. The second-order valence-corrected chi connectivity index (χ2v) is 17.8. The molecular weight excluding hydrogens is 664 g/mol. The summed E-state index contributed by atoms with van der Waals surface area (Å²) in [5.74, 6) is -0.141. The first-order valence-electron chi connectivity index (χ1n) is 19.4. The Morgan fingerprint density at radius 3 is 2.39 bits per heavy atom. The van der Waals surface area contributed by atoms with E-state index in [0.717, 1.165) is 25.7 Å². The Kier molecular flexibility index (Phi) is 10.6. The molecule has 8 N–H and O–H groups in total. The fraction of sp³-hybridized carbons (Fsp3) is 0.947. The Hall–Kier alpha value is -0.780. The lowest BCUT2D eigenvalue weighted by Crippen LogP contribution is -2.60. The Labute approximate surface area is 300 Å². The average Bonchev–Trinajstić information content (AvgIpc) is 3.52. The quantitative estimate of drug-likeness (QED) is 0.164. The Bertz CT molecular complexity index is 1280. The first-order chi connectivity index (χ1) is 24.0. The van der Waals surface area contributed by atoms with E-state index in [1.165, 1.54) is 5.57 Å². The maximum Gasteiger partial charge on any atom is 0.186 e. The van der Waals surface area contributed by atoms with Gasteiger partial charge in [0.2, 0.25) is 0 Å². The molecule has 7 aliphatic rings. The molecule has 292 valence electrons. The van der Waals surface area contributed by atoms with Crippen molar-refractivity contribution >= 4 is 0 Å². The summed E-state index contributed by atoms with van der Waals surface area (Å²) in [6, 6.07) is 0. The molecule has 21 atom stereocenters. The highest BCUT2D eigenvalue weighted by Gasteiger charge is 2.68. The molecule has 51 heavy (non-hydrogen) atoms. The number of rotatable bonds is 8. The molecule has 0 amide bonds. The Morgan fingerprint density at radius 2 is 1.65 bits per heavy atom. The van der Waals surface area contributed by atoms with Gasteiger partial charge >= 0.3 is 0 Å². The van der Waals surface area contributed by atoms with Gasteiger partial charge in [-0.05, 0) is 80.5 Å². The van der Waals surface area contributed by atoms with Crippen LogP contribution >= 0.6 is 0 Å². The van der Waals surface area contributed by atoms with Crippen molar-refractivity contribution in [2.45, 2.75) is 165 Å². The topological polar surface area (TPSA) is 208 Å². The predicted molar refractivity (Wildman–Crippen MR) is 180 cm³/mol. The van der Waals surface area contributed by atoms with E-state index < -0.39 is 78.7 Å². The molecule has 13 heteroatoms. The fourth-order valence-electron chi connectivity index (χ4n) is 11.9. The zero-order valence-corrected chi connectivity index (χ0v) is 30.7. The number of aliphatic hydroxyl groups is 8. The molecule has 0 aromatic heterocycles. The molecule has 0 bridgehead atoms. The SMILES string of the molecule is C[C@H](CC[C@@]1(O)O[C@H]2C[C@H]3[C@@H]4CC=C5C[C@@H](O)C[C@@H](O[C@@H]6OC[C@@H](O)[C@H](O)[C@H]6O)[C@]5(C)[C@H]4CC[C@]3(C)[C@H]2[C@@H]1C)CO[C@@H]1O[C@@H](C)[C@H](O)[C@@H](O)[C@H]1O. The molecule has 3 saturated carbocycles. The van der Waals surface area contributed by atoms with Gasteiger partial charge in [0.15, 0.2) is 18.4 Å². The number of hydrogen-bond acceptors (Lipinski definition) is 13. The van der Waals surface area contributed by atoms with E-state index in [4.69, 9.17) is 23.7 Å². The summed E-state index contributed by atoms with van der Waals surface area (Å²) in [4.78, 5) is 0. The molecule has 0 radical (unpaired) electrons. The highest BCUT2D eigenvalue weighted by molar-refractivity contribution is 5.28. The first kappa shape index (κ1) is 38.5. The lowest BCUT2D eigenvalue weighted by atomic mass is 9.46. The normalized spacial score (nSPS) is 56.0. The molecule has 0 spiro atoms. The predicted octanol–water partition coefficient (Wildman–Crippen LogP) is 0.954. The third-order valence-electron chi connectivity index (χ3n) is 14.9. The summed E-state index contributed by atoms with van der Waals surface area (Å²) in [5.41, 5.74) is 0.756. The van der Waals surface area contributed by atoms with Gasteiger partial charge < -0.3 is 64.5 Å². The van der Waals surface area contributed by atoms with Crippen LogP contribution in [0, 0.1) is 46.3 Å². The standard InChI is InChI=1S/C38H62O13/c1-17(15-47-34-33(45)31(43)29(41)19(3)49-34)8-11-38(46)18(2)28-26(51-38)14-24-22-7-6-20-12-21(39)13-27(37(20,5)23(22)9-10-36(24,28)4)50-35-32(44)30(42)25(40)16-48-35/h6,17-19,21-35,39-46H,7-16H2,1-5H3/t17-,18+,19+,21-,22-,23+,24+,25-,26+,27-,28+,29+,30+,31-,32-,33-,34-,35+,36+,37+,38-/m1/s1. The van der Waals surface area contributed by atoms with E-state index in [-0.39, 0.29) is 48.4 Å². The summed E-state index contributed by atoms with van der Waals surface area (Å²) in [7, 11) is 0. The molecule has 6 fully saturated rings. The van der Waals surface area contributed by atoms with Crippen molar-refractivity contribution in [2.75, 3.05) is 13.2 Å². The number of aliphatic hydroxyl groups excluding tert-OH is 7. The highest BCUT2D eigenvalue weighted by Crippen LogP contribution is 2.70. The van der Waals surface area contributed by atoms with Gasteiger partial charge in [0, 0.05) is 24.2 Å². The van der Waals surface area contributed by atoms with E-state index in [9.17, 15) is 40.9 Å². The number of allylic oxidation sites excluding steroid dienone is 1. The van der Waals surface area contributed by atoms with Crippen LogP contribution in [0.2, 0.25) is 0 Å². The second kappa shape index (κ2) is 14.1. The molecule has 3 aliphatic heterocycles. The zero-order chi connectivity index (χ0) is 36.8. The lowest BCUT2D eigenvalue weighted by Gasteiger charge is -2.60. The second-order valence-electron chi connectivity index (χ2n) is 17.8. The van der Waals surface area contributed by atoms with Crippen LogP contribution in [0.5, 0.6) is 0 Å². The maximum absolute atomic E-state index is 12.0. The monoisotopic (exact) mass is 726 g/mol. The number of fused-ring (bicyclic) bond motifs is 7. The molecule has 0 unspecified atom stereocenters. The van der Waals surface area contributed by atoms with Crippen LogP contribution in [-0.4, -0.2) is 133 Å². The zero-order valence-electron chi connectivity index (χ0n) is 30.7.